The Hall–Kier alpha value is -6.16. The van der Waals surface area contributed by atoms with Gasteiger partial charge in [-0.3, -0.25) is 4.57 Å². The van der Waals surface area contributed by atoms with E-state index in [-0.39, 0.29) is 0 Å². The number of hydrogen-bond donors (Lipinski definition) is 0. The zero-order valence-electron chi connectivity index (χ0n) is 38.5. The molecule has 11 rings (SSSR count). The molecule has 0 N–H and O–H groups in total. The SMILES string of the molecule is Bc1c(B)c(B)c(-c2ccc3c(-c4cccc(-n5c(-c6c(B)c(B)c(B)c(B)c6B)nc6ccccc65)c4)c4ccccc4c(-c4cccc5sc6ccccc6c45)c3c2)c(B)c1B. The Kier molecular flexibility index (Phi) is 9.67. The van der Waals surface area contributed by atoms with Crippen molar-refractivity contribution in [3.63, 3.8) is 0 Å². The van der Waals surface area contributed by atoms with Crippen LogP contribution in [0, 0.1) is 0 Å². The number of nitrogens with zero attached hydrogens (tertiary/aromatic N) is 2. The van der Waals surface area contributed by atoms with E-state index < -0.39 is 0 Å². The van der Waals surface area contributed by atoms with Crippen molar-refractivity contribution in [2.24, 2.45) is 0 Å². The third-order valence-corrected chi connectivity index (χ3v) is 16.3. The van der Waals surface area contributed by atoms with Crippen LogP contribution in [0.3, 0.4) is 0 Å². The Bertz CT molecular complexity index is 3760. The molecule has 0 unspecified atom stereocenters. The first-order chi connectivity index (χ1) is 30.9. The van der Waals surface area contributed by atoms with Crippen LogP contribution in [0.15, 0.2) is 133 Å². The van der Waals surface area contributed by atoms with Gasteiger partial charge in [0.25, 0.3) is 0 Å². The van der Waals surface area contributed by atoms with Gasteiger partial charge in [0.05, 0.1) is 11.0 Å². The molecule has 0 atom stereocenters. The first-order valence-electron chi connectivity index (χ1n) is 22.6. The summed E-state index contributed by atoms with van der Waals surface area (Å²) in [7, 11) is 22.7. The van der Waals surface area contributed by atoms with Gasteiger partial charge in [-0.05, 0) is 97.4 Å². The molecular weight excluding hydrogens is 781 g/mol. The van der Waals surface area contributed by atoms with E-state index in [0.717, 1.165) is 22.5 Å². The summed E-state index contributed by atoms with van der Waals surface area (Å²) in [6, 6.07) is 50.0. The van der Waals surface area contributed by atoms with Gasteiger partial charge in [0.15, 0.2) is 0 Å². The summed E-state index contributed by atoms with van der Waals surface area (Å²) in [5.74, 6) is 0.986. The lowest BCUT2D eigenvalue weighted by molar-refractivity contribution is 1.11. The topological polar surface area (TPSA) is 17.8 Å². The summed E-state index contributed by atoms with van der Waals surface area (Å²) in [4.78, 5) is 5.42. The average Bonchev–Trinajstić information content (AvgIpc) is 3.90. The number of fused-ring (bicyclic) bond motifs is 6. The van der Waals surface area contributed by atoms with Gasteiger partial charge in [-0.25, -0.2) is 4.98 Å². The van der Waals surface area contributed by atoms with Crippen LogP contribution in [-0.4, -0.2) is 88.0 Å². The van der Waals surface area contributed by atoms with E-state index in [1.54, 1.807) is 0 Å². The molecule has 0 aliphatic heterocycles. The highest BCUT2D eigenvalue weighted by Gasteiger charge is 2.24. The third-order valence-electron chi connectivity index (χ3n) is 15.2. The van der Waals surface area contributed by atoms with Crippen molar-refractivity contribution in [1.29, 1.82) is 0 Å². The molecule has 2 heterocycles. The summed E-state index contributed by atoms with van der Waals surface area (Å²) in [5, 5.41) is 7.65. The van der Waals surface area contributed by atoms with Gasteiger partial charge in [0, 0.05) is 31.4 Å². The van der Waals surface area contributed by atoms with Crippen molar-refractivity contribution in [2.45, 2.75) is 0 Å². The Labute approximate surface area is 388 Å². The molecule has 292 valence electrons. The molecule has 11 aromatic rings. The lowest BCUT2D eigenvalue weighted by Gasteiger charge is -2.23. The quantitative estimate of drug-likeness (QED) is 0.134. The van der Waals surface area contributed by atoms with Gasteiger partial charge in [0.1, 0.15) is 84.3 Å². The van der Waals surface area contributed by atoms with Gasteiger partial charge < -0.3 is 0 Å². The average molecular weight is 823 g/mol. The van der Waals surface area contributed by atoms with Crippen LogP contribution in [0.2, 0.25) is 0 Å². The van der Waals surface area contributed by atoms with E-state index in [1.165, 1.54) is 135 Å². The van der Waals surface area contributed by atoms with Crippen LogP contribution in [-0.2, 0) is 0 Å². The molecule has 0 saturated heterocycles. The van der Waals surface area contributed by atoms with Crippen molar-refractivity contribution in [2.75, 3.05) is 0 Å². The summed E-state index contributed by atoms with van der Waals surface area (Å²) >= 11 is 1.89. The van der Waals surface area contributed by atoms with Crippen molar-refractivity contribution in [3.8, 4) is 50.5 Å². The van der Waals surface area contributed by atoms with E-state index in [0.29, 0.717) is 0 Å². The Morgan fingerprint density at radius 1 is 0.375 bits per heavy atom. The van der Waals surface area contributed by atoms with Crippen LogP contribution in [0.4, 0.5) is 0 Å². The smallest absolute Gasteiger partial charge is 0.144 e. The summed E-state index contributed by atoms with van der Waals surface area (Å²) in [6.07, 6.45) is 0. The van der Waals surface area contributed by atoms with Gasteiger partial charge in [0.2, 0.25) is 0 Å². The van der Waals surface area contributed by atoms with Crippen LogP contribution >= 0.6 is 11.3 Å². The van der Waals surface area contributed by atoms with Crippen LogP contribution in [0.25, 0.3) is 103 Å². The molecule has 2 nitrogen and oxygen atoms in total. The van der Waals surface area contributed by atoms with Crippen molar-refractivity contribution in [3.05, 3.63) is 133 Å². The first kappa shape index (κ1) is 40.6. The molecule has 0 spiro atoms. The fourth-order valence-corrected chi connectivity index (χ4v) is 12.1. The molecule has 0 radical (unpaired) electrons. The minimum Gasteiger partial charge on any atom is -0.292 e. The molecular formula is C51H42B10N2S. The minimum absolute atomic E-state index is 0.986. The molecule has 0 saturated carbocycles. The third kappa shape index (κ3) is 5.96. The lowest BCUT2D eigenvalue weighted by atomic mass is 9.59. The van der Waals surface area contributed by atoms with E-state index >= 15 is 0 Å². The molecule has 9 aromatic carbocycles. The number of rotatable bonds is 5. The lowest BCUT2D eigenvalue weighted by Crippen LogP contribution is -2.55. The van der Waals surface area contributed by atoms with E-state index in [2.05, 4.69) is 216 Å². The maximum atomic E-state index is 5.42. The largest absolute Gasteiger partial charge is 0.292 e. The minimum atomic E-state index is 0.986. The van der Waals surface area contributed by atoms with E-state index in [4.69, 9.17) is 4.98 Å². The summed E-state index contributed by atoms with van der Waals surface area (Å²) < 4.78 is 5.03. The number of hydrogen-bond acceptors (Lipinski definition) is 2. The molecule has 0 bridgehead atoms. The number of imidazole rings is 1. The second-order valence-electron chi connectivity index (χ2n) is 18.1. The van der Waals surface area contributed by atoms with Gasteiger partial charge in [-0.15, -0.1) is 44.1 Å². The van der Waals surface area contributed by atoms with Crippen molar-refractivity contribution < 1.29 is 0 Å². The number of benzene rings is 9. The number of aromatic nitrogens is 2. The Morgan fingerprint density at radius 3 is 1.61 bits per heavy atom. The van der Waals surface area contributed by atoms with Crippen molar-refractivity contribution in [1.82, 2.24) is 9.55 Å². The van der Waals surface area contributed by atoms with Crippen LogP contribution in [0.1, 0.15) is 0 Å². The fraction of sp³-hybridized carbons (Fsp3) is 0. The second-order valence-corrected chi connectivity index (χ2v) is 19.2. The zero-order chi connectivity index (χ0) is 44.3. The molecule has 64 heavy (non-hydrogen) atoms. The second kappa shape index (κ2) is 15.2. The predicted octanol–water partition coefficient (Wildman–Crippen LogP) is -3.05. The summed E-state index contributed by atoms with van der Waals surface area (Å²) in [6.45, 7) is 0. The Morgan fingerprint density at radius 2 is 0.906 bits per heavy atom. The zero-order valence-corrected chi connectivity index (χ0v) is 39.3. The van der Waals surface area contributed by atoms with Gasteiger partial charge in [-0.2, -0.15) is 0 Å². The first-order valence-corrected chi connectivity index (χ1v) is 23.4. The van der Waals surface area contributed by atoms with E-state index in [1.807, 2.05) is 11.3 Å². The number of thiophene rings is 1. The highest BCUT2D eigenvalue weighted by Crippen LogP contribution is 2.48. The fourth-order valence-electron chi connectivity index (χ4n) is 10.9. The normalized spacial score (nSPS) is 11.8. The molecule has 0 aliphatic rings. The van der Waals surface area contributed by atoms with Gasteiger partial charge >= 0.3 is 0 Å². The Balaban J connectivity index is 1.25. The van der Waals surface area contributed by atoms with Crippen LogP contribution < -0.4 is 54.6 Å². The summed E-state index contributed by atoms with van der Waals surface area (Å²) in [5.41, 5.74) is 25.4. The highest BCUT2D eigenvalue weighted by molar-refractivity contribution is 7.26. The molecule has 0 amide bonds. The molecule has 13 heteroatoms. The van der Waals surface area contributed by atoms with Crippen molar-refractivity contribution >= 4 is 197 Å². The highest BCUT2D eigenvalue weighted by atomic mass is 32.1. The molecule has 0 fully saturated rings. The van der Waals surface area contributed by atoms with Crippen LogP contribution in [0.5, 0.6) is 0 Å². The standard InChI is InChI=1S/C51H42B10N2S/c52-41-37(42(53)46(57)49(60)45(41)56)24-19-20-28-31(22-24)38(30-14-8-18-35-39(30)29-13-3-6-17-34(29)64-35)27-12-2-1-11-26(27)36(28)23-9-7-10-25(21-23)63-33-16-5-4-15-32(33)62-51(63)40-43(54)47(58)50(61)48(59)44(40)55/h1-22H,52-61H2. The van der Waals surface area contributed by atoms with E-state index in [9.17, 15) is 0 Å². The molecule has 2 aromatic heterocycles. The predicted molar refractivity (Wildman–Crippen MR) is 312 cm³/mol. The molecule has 0 aliphatic carbocycles. The monoisotopic (exact) mass is 824 g/mol. The number of para-hydroxylation sites is 2. The maximum Gasteiger partial charge on any atom is 0.144 e. The maximum absolute atomic E-state index is 5.42. The van der Waals surface area contributed by atoms with Gasteiger partial charge in [-0.1, -0.05) is 113 Å².